The van der Waals surface area contributed by atoms with Gasteiger partial charge in [-0.2, -0.15) is 0 Å². The van der Waals surface area contributed by atoms with Crippen molar-refractivity contribution in [2.24, 2.45) is 0 Å². The topological polar surface area (TPSA) is 49.3 Å². The van der Waals surface area contributed by atoms with E-state index in [1.165, 1.54) is 0 Å². The molecule has 0 aromatic heterocycles. The molecule has 0 aliphatic rings. The predicted molar refractivity (Wildman–Crippen MR) is 98.0 cm³/mol. The van der Waals surface area contributed by atoms with Crippen molar-refractivity contribution in [3.63, 3.8) is 0 Å². The number of benzene rings is 2. The third-order valence-corrected chi connectivity index (χ3v) is 5.09. The molecule has 0 aliphatic heterocycles. The Balaban J connectivity index is 1.68. The van der Waals surface area contributed by atoms with E-state index in [1.807, 2.05) is 60.9 Å². The molecule has 2 N–H and O–H groups in total. The first-order chi connectivity index (χ1) is 11.2. The fourth-order valence-electron chi connectivity index (χ4n) is 2.02. The van der Waals surface area contributed by atoms with E-state index in [0.29, 0.717) is 6.42 Å². The van der Waals surface area contributed by atoms with Crippen LogP contribution in [0.1, 0.15) is 18.1 Å². The van der Waals surface area contributed by atoms with Gasteiger partial charge in [0, 0.05) is 28.5 Å². The summed E-state index contributed by atoms with van der Waals surface area (Å²) in [5, 5.41) is 12.9. The van der Waals surface area contributed by atoms with Gasteiger partial charge in [-0.25, -0.2) is 0 Å². The van der Waals surface area contributed by atoms with Gasteiger partial charge in [0.15, 0.2) is 0 Å². The molecule has 1 atom stereocenters. The van der Waals surface area contributed by atoms with Gasteiger partial charge in [-0.1, -0.05) is 30.3 Å². The zero-order valence-corrected chi connectivity index (χ0v) is 14.7. The number of rotatable bonds is 8. The summed E-state index contributed by atoms with van der Waals surface area (Å²) in [5.41, 5.74) is 0.821. The number of nitrogens with one attached hydrogen (secondary N) is 1. The molecule has 0 saturated carbocycles. The SMILES string of the molecule is CSc1ccc([C@@H](O)CNC(=O)CCSc2ccccc2)cc1. The molecule has 23 heavy (non-hydrogen) atoms. The summed E-state index contributed by atoms with van der Waals surface area (Å²) in [6, 6.07) is 17.8. The molecule has 5 heteroatoms. The van der Waals surface area contributed by atoms with Crippen molar-refractivity contribution < 1.29 is 9.90 Å². The van der Waals surface area contributed by atoms with Crippen molar-refractivity contribution >= 4 is 29.4 Å². The quantitative estimate of drug-likeness (QED) is 0.714. The number of aliphatic hydroxyl groups excluding tert-OH is 1. The normalized spacial score (nSPS) is 11.9. The van der Waals surface area contributed by atoms with Crippen LogP contribution in [0.15, 0.2) is 64.4 Å². The monoisotopic (exact) mass is 347 g/mol. The van der Waals surface area contributed by atoms with E-state index in [1.54, 1.807) is 23.5 Å². The van der Waals surface area contributed by atoms with Crippen LogP contribution in [-0.2, 0) is 4.79 Å². The molecular formula is C18H21NO2S2. The highest BCUT2D eigenvalue weighted by Gasteiger charge is 2.09. The molecule has 0 radical (unpaired) electrons. The Morgan fingerprint density at radius 1 is 1.09 bits per heavy atom. The van der Waals surface area contributed by atoms with Crippen LogP contribution in [0, 0.1) is 0 Å². The van der Waals surface area contributed by atoms with Crippen LogP contribution in [0.3, 0.4) is 0 Å². The molecule has 0 spiro atoms. The molecule has 2 aromatic rings. The summed E-state index contributed by atoms with van der Waals surface area (Å²) < 4.78 is 0. The zero-order chi connectivity index (χ0) is 16.5. The summed E-state index contributed by atoms with van der Waals surface area (Å²) in [7, 11) is 0. The molecule has 0 bridgehead atoms. The average Bonchev–Trinajstić information content (AvgIpc) is 2.60. The predicted octanol–water partition coefficient (Wildman–Crippen LogP) is 3.74. The number of hydrogen-bond donors (Lipinski definition) is 2. The lowest BCUT2D eigenvalue weighted by Gasteiger charge is -2.12. The minimum atomic E-state index is -0.670. The Hall–Kier alpha value is -1.43. The maximum Gasteiger partial charge on any atom is 0.220 e. The summed E-state index contributed by atoms with van der Waals surface area (Å²) in [5.74, 6) is 0.696. The molecule has 0 unspecified atom stereocenters. The van der Waals surface area contributed by atoms with E-state index < -0.39 is 6.10 Å². The van der Waals surface area contributed by atoms with Crippen LogP contribution in [0.5, 0.6) is 0 Å². The standard InChI is InChI=1S/C18H21NO2S2/c1-22-15-9-7-14(8-10-15)17(20)13-19-18(21)11-12-23-16-5-3-2-4-6-16/h2-10,17,20H,11-13H2,1H3,(H,19,21)/t17-/m0/s1. The minimum Gasteiger partial charge on any atom is -0.387 e. The lowest BCUT2D eigenvalue weighted by molar-refractivity contribution is -0.121. The van der Waals surface area contributed by atoms with Gasteiger partial charge in [-0.15, -0.1) is 23.5 Å². The molecule has 2 aromatic carbocycles. The zero-order valence-electron chi connectivity index (χ0n) is 13.1. The van der Waals surface area contributed by atoms with Gasteiger partial charge in [0.1, 0.15) is 0 Å². The van der Waals surface area contributed by atoms with E-state index >= 15 is 0 Å². The maximum atomic E-state index is 11.8. The van der Waals surface area contributed by atoms with Crippen LogP contribution in [0.25, 0.3) is 0 Å². The van der Waals surface area contributed by atoms with E-state index in [9.17, 15) is 9.90 Å². The molecule has 3 nitrogen and oxygen atoms in total. The Morgan fingerprint density at radius 2 is 1.78 bits per heavy atom. The third kappa shape index (κ3) is 6.29. The van der Waals surface area contributed by atoms with E-state index in [-0.39, 0.29) is 12.5 Å². The van der Waals surface area contributed by atoms with E-state index in [2.05, 4.69) is 5.32 Å². The maximum absolute atomic E-state index is 11.8. The van der Waals surface area contributed by atoms with Crippen LogP contribution in [-0.4, -0.2) is 29.6 Å². The third-order valence-electron chi connectivity index (χ3n) is 3.33. The highest BCUT2D eigenvalue weighted by atomic mass is 32.2. The second-order valence-corrected chi connectivity index (χ2v) is 7.05. The fraction of sp³-hybridized carbons (Fsp3) is 0.278. The second kappa shape index (κ2) is 9.65. The number of carbonyl (C=O) groups is 1. The molecule has 122 valence electrons. The van der Waals surface area contributed by atoms with Gasteiger partial charge in [-0.05, 0) is 36.1 Å². The molecule has 1 amide bonds. The average molecular weight is 348 g/mol. The van der Waals surface area contributed by atoms with Crippen LogP contribution in [0.4, 0.5) is 0 Å². The van der Waals surface area contributed by atoms with Gasteiger partial charge in [0.25, 0.3) is 0 Å². The number of carbonyl (C=O) groups excluding carboxylic acids is 1. The second-order valence-electron chi connectivity index (χ2n) is 5.00. The lowest BCUT2D eigenvalue weighted by atomic mass is 10.1. The molecule has 0 fully saturated rings. The van der Waals surface area contributed by atoms with Crippen molar-refractivity contribution in [2.75, 3.05) is 18.6 Å². The Morgan fingerprint density at radius 3 is 2.43 bits per heavy atom. The van der Waals surface area contributed by atoms with Crippen LogP contribution in [0.2, 0.25) is 0 Å². The summed E-state index contributed by atoms with van der Waals surface area (Å²) >= 11 is 3.32. The number of thioether (sulfide) groups is 2. The Kier molecular flexibility index (Phi) is 7.52. The van der Waals surface area contributed by atoms with E-state index in [0.717, 1.165) is 21.1 Å². The Bertz CT molecular complexity index is 602. The first-order valence-corrected chi connectivity index (χ1v) is 9.66. The summed E-state index contributed by atoms with van der Waals surface area (Å²) in [4.78, 5) is 14.1. The van der Waals surface area contributed by atoms with Gasteiger partial charge >= 0.3 is 0 Å². The number of hydrogen-bond acceptors (Lipinski definition) is 4. The van der Waals surface area contributed by atoms with Gasteiger partial charge in [0.2, 0.25) is 5.91 Å². The van der Waals surface area contributed by atoms with Crippen molar-refractivity contribution in [1.29, 1.82) is 0 Å². The highest BCUT2D eigenvalue weighted by molar-refractivity contribution is 7.99. The fourth-order valence-corrected chi connectivity index (χ4v) is 3.30. The minimum absolute atomic E-state index is 0.0341. The molecule has 0 aliphatic carbocycles. The Labute approximate surface area is 145 Å². The molecule has 0 heterocycles. The van der Waals surface area contributed by atoms with Crippen molar-refractivity contribution in [1.82, 2.24) is 5.32 Å². The van der Waals surface area contributed by atoms with Crippen LogP contribution < -0.4 is 5.32 Å². The molecular weight excluding hydrogens is 326 g/mol. The van der Waals surface area contributed by atoms with Crippen molar-refractivity contribution in [2.45, 2.75) is 22.3 Å². The first-order valence-electron chi connectivity index (χ1n) is 7.45. The lowest BCUT2D eigenvalue weighted by Crippen LogP contribution is -2.28. The first kappa shape index (κ1) is 17.9. The van der Waals surface area contributed by atoms with Gasteiger partial charge in [-0.3, -0.25) is 4.79 Å². The highest BCUT2D eigenvalue weighted by Crippen LogP contribution is 2.19. The summed E-state index contributed by atoms with van der Waals surface area (Å²) in [6.45, 7) is 0.244. The van der Waals surface area contributed by atoms with Crippen molar-refractivity contribution in [3.8, 4) is 0 Å². The van der Waals surface area contributed by atoms with E-state index in [4.69, 9.17) is 0 Å². The number of aliphatic hydroxyl groups is 1. The largest absolute Gasteiger partial charge is 0.387 e. The summed E-state index contributed by atoms with van der Waals surface area (Å²) in [6.07, 6.45) is 1.79. The van der Waals surface area contributed by atoms with Gasteiger partial charge < -0.3 is 10.4 Å². The van der Waals surface area contributed by atoms with Crippen LogP contribution >= 0.6 is 23.5 Å². The number of amides is 1. The van der Waals surface area contributed by atoms with Crippen molar-refractivity contribution in [3.05, 3.63) is 60.2 Å². The molecule has 0 saturated heterocycles. The molecule has 2 rings (SSSR count). The smallest absolute Gasteiger partial charge is 0.220 e. The van der Waals surface area contributed by atoms with Gasteiger partial charge in [0.05, 0.1) is 6.10 Å².